The van der Waals surface area contributed by atoms with E-state index in [-0.39, 0.29) is 29.5 Å². The lowest BCUT2D eigenvalue weighted by atomic mass is 9.97. The molecule has 2 unspecified atom stereocenters. The van der Waals surface area contributed by atoms with Crippen LogP contribution in [-0.2, 0) is 29.1 Å². The lowest BCUT2D eigenvalue weighted by molar-refractivity contribution is -0.151. The van der Waals surface area contributed by atoms with Gasteiger partial charge >= 0.3 is 5.97 Å². The molecule has 8 nitrogen and oxygen atoms in total. The molecule has 0 N–H and O–H groups in total. The molecule has 0 radical (unpaired) electrons. The van der Waals surface area contributed by atoms with Gasteiger partial charge in [0.2, 0.25) is 10.0 Å². The number of nitrogens with zero attached hydrogens (tertiary/aromatic N) is 2. The van der Waals surface area contributed by atoms with Gasteiger partial charge in [0.25, 0.3) is 5.91 Å². The number of hydrogen-bond donors (Lipinski definition) is 0. The lowest BCUT2D eigenvalue weighted by Gasteiger charge is -2.38. The first-order valence-electron chi connectivity index (χ1n) is 10.6. The third kappa shape index (κ3) is 5.93. The Morgan fingerprint density at radius 2 is 1.71 bits per heavy atom. The van der Waals surface area contributed by atoms with E-state index < -0.39 is 16.0 Å². The zero-order valence-corrected chi connectivity index (χ0v) is 18.8. The molecular formula is C22H30N2O6S. The van der Waals surface area contributed by atoms with Crippen molar-refractivity contribution in [3.8, 4) is 0 Å². The maximum Gasteiger partial charge on any atom is 0.331 e. The molecule has 2 saturated heterocycles. The van der Waals surface area contributed by atoms with Crippen molar-refractivity contribution in [2.24, 2.45) is 0 Å². The third-order valence-electron chi connectivity index (χ3n) is 5.72. The minimum atomic E-state index is -3.55. The summed E-state index contributed by atoms with van der Waals surface area (Å²) >= 11 is 0. The van der Waals surface area contributed by atoms with E-state index in [1.165, 1.54) is 28.6 Å². The topological polar surface area (TPSA) is 93.2 Å². The van der Waals surface area contributed by atoms with Crippen molar-refractivity contribution in [2.75, 3.05) is 32.9 Å². The zero-order chi connectivity index (χ0) is 22.4. The van der Waals surface area contributed by atoms with Crippen LogP contribution in [0.1, 0.15) is 38.7 Å². The zero-order valence-electron chi connectivity index (χ0n) is 18.0. The fourth-order valence-corrected chi connectivity index (χ4v) is 5.43. The van der Waals surface area contributed by atoms with Crippen molar-refractivity contribution in [3.63, 3.8) is 0 Å². The molecule has 31 heavy (non-hydrogen) atoms. The second-order valence-corrected chi connectivity index (χ2v) is 9.89. The highest BCUT2D eigenvalue weighted by Crippen LogP contribution is 2.22. The Hall–Kier alpha value is -2.23. The molecule has 170 valence electrons. The molecule has 1 amide bonds. The molecule has 2 aliphatic rings. The predicted molar refractivity (Wildman–Crippen MR) is 116 cm³/mol. The van der Waals surface area contributed by atoms with E-state index >= 15 is 0 Å². The number of piperidine rings is 1. The standard InChI is InChI=1S/C22H30N2O6S/c1-17-4-3-5-18(2)24(17)21(25)16-30-22(26)11-8-19-6-9-20(10-7-19)31(27,28)23-12-14-29-15-13-23/h6-11,17-18H,3-5,12-16H2,1-2H3. The summed E-state index contributed by atoms with van der Waals surface area (Å²) in [6.07, 6.45) is 5.79. The Balaban J connectivity index is 1.53. The number of rotatable bonds is 6. The Morgan fingerprint density at radius 3 is 2.32 bits per heavy atom. The number of esters is 1. The summed E-state index contributed by atoms with van der Waals surface area (Å²) in [5.41, 5.74) is 0.655. The van der Waals surface area contributed by atoms with E-state index in [0.717, 1.165) is 19.3 Å². The van der Waals surface area contributed by atoms with Crippen LogP contribution in [-0.4, -0.2) is 74.5 Å². The van der Waals surface area contributed by atoms with Gasteiger partial charge in [0.05, 0.1) is 18.1 Å². The quantitative estimate of drug-likeness (QED) is 0.487. The van der Waals surface area contributed by atoms with Gasteiger partial charge in [0.15, 0.2) is 6.61 Å². The van der Waals surface area contributed by atoms with Gasteiger partial charge in [-0.1, -0.05) is 12.1 Å². The molecule has 1 aromatic carbocycles. The van der Waals surface area contributed by atoms with Crippen LogP contribution >= 0.6 is 0 Å². The van der Waals surface area contributed by atoms with E-state index in [1.807, 2.05) is 13.8 Å². The highest BCUT2D eigenvalue weighted by molar-refractivity contribution is 7.89. The summed E-state index contributed by atoms with van der Waals surface area (Å²) in [6, 6.07) is 6.57. The van der Waals surface area contributed by atoms with Gasteiger partial charge in [0, 0.05) is 31.2 Å². The lowest BCUT2D eigenvalue weighted by Crippen LogP contribution is -2.49. The average molecular weight is 451 g/mol. The van der Waals surface area contributed by atoms with Crippen LogP contribution in [0.15, 0.2) is 35.2 Å². The number of likely N-dealkylation sites (tertiary alicyclic amines) is 1. The van der Waals surface area contributed by atoms with Gasteiger partial charge < -0.3 is 14.4 Å². The van der Waals surface area contributed by atoms with E-state index in [9.17, 15) is 18.0 Å². The Labute approximate surface area is 183 Å². The molecule has 0 saturated carbocycles. The first kappa shape index (κ1) is 23.4. The normalized spacial score (nSPS) is 23.1. The van der Waals surface area contributed by atoms with Crippen molar-refractivity contribution in [1.82, 2.24) is 9.21 Å². The fourth-order valence-electron chi connectivity index (χ4n) is 4.02. The van der Waals surface area contributed by atoms with Crippen molar-refractivity contribution in [1.29, 1.82) is 0 Å². The molecule has 2 atom stereocenters. The van der Waals surface area contributed by atoms with Crippen molar-refractivity contribution < 1.29 is 27.5 Å². The number of amides is 1. The summed E-state index contributed by atoms with van der Waals surface area (Å²) in [7, 11) is -3.55. The van der Waals surface area contributed by atoms with Crippen molar-refractivity contribution in [2.45, 2.75) is 50.1 Å². The summed E-state index contributed by atoms with van der Waals surface area (Å²) in [5.74, 6) is -0.796. The van der Waals surface area contributed by atoms with Gasteiger partial charge in [-0.25, -0.2) is 13.2 Å². The second kappa shape index (κ2) is 10.4. The summed E-state index contributed by atoms with van der Waals surface area (Å²) < 4.78 is 37.0. The molecule has 2 aliphatic heterocycles. The number of morpholine rings is 1. The molecule has 1 aromatic rings. The van der Waals surface area contributed by atoms with Crippen molar-refractivity contribution >= 4 is 28.0 Å². The molecule has 0 bridgehead atoms. The van der Waals surface area contributed by atoms with Crippen LogP contribution in [0.5, 0.6) is 0 Å². The Bertz CT molecular complexity index is 896. The first-order valence-corrected chi connectivity index (χ1v) is 12.1. The van der Waals surface area contributed by atoms with Gasteiger partial charge in [0.1, 0.15) is 0 Å². The monoisotopic (exact) mass is 450 g/mol. The van der Waals surface area contributed by atoms with Gasteiger partial charge in [-0.3, -0.25) is 4.79 Å². The molecule has 0 spiro atoms. The molecular weight excluding hydrogens is 420 g/mol. The van der Waals surface area contributed by atoms with Gasteiger partial charge in [-0.15, -0.1) is 0 Å². The number of benzene rings is 1. The number of carbonyl (C=O) groups excluding carboxylic acids is 2. The molecule has 2 fully saturated rings. The smallest absolute Gasteiger partial charge is 0.331 e. The Kier molecular flexibility index (Phi) is 7.85. The maximum atomic E-state index is 12.6. The number of sulfonamides is 1. The van der Waals surface area contributed by atoms with Crippen LogP contribution in [0.4, 0.5) is 0 Å². The largest absolute Gasteiger partial charge is 0.452 e. The molecule has 0 aliphatic carbocycles. The summed E-state index contributed by atoms with van der Waals surface area (Å²) in [4.78, 5) is 26.4. The average Bonchev–Trinajstić information content (AvgIpc) is 2.77. The van der Waals surface area contributed by atoms with Gasteiger partial charge in [-0.2, -0.15) is 4.31 Å². The molecule has 9 heteroatoms. The fraction of sp³-hybridized carbons (Fsp3) is 0.545. The number of carbonyl (C=O) groups is 2. The maximum absolute atomic E-state index is 12.6. The van der Waals surface area contributed by atoms with Gasteiger partial charge in [-0.05, 0) is 56.9 Å². The Morgan fingerprint density at radius 1 is 1.10 bits per heavy atom. The van der Waals surface area contributed by atoms with Crippen LogP contribution in [0.25, 0.3) is 6.08 Å². The molecule has 0 aromatic heterocycles. The van der Waals surface area contributed by atoms with Crippen LogP contribution in [0.3, 0.4) is 0 Å². The van der Waals surface area contributed by atoms with E-state index in [0.29, 0.717) is 31.9 Å². The van der Waals surface area contributed by atoms with Crippen LogP contribution in [0.2, 0.25) is 0 Å². The number of hydrogen-bond acceptors (Lipinski definition) is 6. The second-order valence-electron chi connectivity index (χ2n) is 7.96. The summed E-state index contributed by atoms with van der Waals surface area (Å²) in [5, 5.41) is 0. The van der Waals surface area contributed by atoms with Crippen LogP contribution < -0.4 is 0 Å². The van der Waals surface area contributed by atoms with E-state index in [2.05, 4.69) is 0 Å². The SMILES string of the molecule is CC1CCCC(C)N1C(=O)COC(=O)C=Cc1ccc(S(=O)(=O)N2CCOCC2)cc1. The highest BCUT2D eigenvalue weighted by Gasteiger charge is 2.29. The molecule has 2 heterocycles. The minimum absolute atomic E-state index is 0.151. The summed E-state index contributed by atoms with van der Waals surface area (Å²) in [6.45, 7) is 5.19. The molecule has 3 rings (SSSR count). The van der Waals surface area contributed by atoms with E-state index in [4.69, 9.17) is 9.47 Å². The minimum Gasteiger partial charge on any atom is -0.452 e. The predicted octanol–water partition coefficient (Wildman–Crippen LogP) is 2.05. The highest BCUT2D eigenvalue weighted by atomic mass is 32.2. The van der Waals surface area contributed by atoms with Crippen molar-refractivity contribution in [3.05, 3.63) is 35.9 Å². The van der Waals surface area contributed by atoms with Crippen LogP contribution in [0, 0.1) is 0 Å². The number of ether oxygens (including phenoxy) is 2. The van der Waals surface area contributed by atoms with E-state index in [1.54, 1.807) is 17.0 Å². The third-order valence-corrected chi connectivity index (χ3v) is 7.63. The first-order chi connectivity index (χ1) is 14.8.